The van der Waals surface area contributed by atoms with Gasteiger partial charge in [0, 0.05) is 18.6 Å². The summed E-state index contributed by atoms with van der Waals surface area (Å²) in [6, 6.07) is 1.34. The minimum absolute atomic E-state index is 0.654. The summed E-state index contributed by atoms with van der Waals surface area (Å²) in [5.74, 6) is 0. The maximum Gasteiger partial charge on any atom is 0.169 e. The molecule has 3 nitrogen and oxygen atoms in total. The first-order valence-corrected chi connectivity index (χ1v) is 8.00. The topological polar surface area (TPSA) is 27.3 Å². The minimum atomic E-state index is 0.654. The smallest absolute Gasteiger partial charge is 0.169 e. The molecule has 0 amide bonds. The SMILES string of the molecule is CCNC(=S)N(C1CCCCC1)C1CCNCC1. The summed E-state index contributed by atoms with van der Waals surface area (Å²) >= 11 is 5.63. The van der Waals surface area contributed by atoms with Gasteiger partial charge in [-0.1, -0.05) is 19.3 Å². The second kappa shape index (κ2) is 7.29. The van der Waals surface area contributed by atoms with Gasteiger partial charge < -0.3 is 15.5 Å². The van der Waals surface area contributed by atoms with Gasteiger partial charge in [-0.25, -0.2) is 0 Å². The molecule has 0 aromatic carbocycles. The Kier molecular flexibility index (Phi) is 5.70. The summed E-state index contributed by atoms with van der Waals surface area (Å²) in [6.45, 7) is 5.35. The highest BCUT2D eigenvalue weighted by molar-refractivity contribution is 7.80. The summed E-state index contributed by atoms with van der Waals surface area (Å²) in [5.41, 5.74) is 0. The van der Waals surface area contributed by atoms with Crippen LogP contribution in [-0.4, -0.2) is 41.7 Å². The van der Waals surface area contributed by atoms with Gasteiger partial charge >= 0.3 is 0 Å². The quantitative estimate of drug-likeness (QED) is 0.769. The molecule has 2 rings (SSSR count). The number of piperidine rings is 1. The van der Waals surface area contributed by atoms with Crippen molar-refractivity contribution in [1.29, 1.82) is 0 Å². The number of hydrogen-bond acceptors (Lipinski definition) is 2. The lowest BCUT2D eigenvalue weighted by Crippen LogP contribution is -2.54. The van der Waals surface area contributed by atoms with E-state index in [0.717, 1.165) is 24.7 Å². The molecule has 0 radical (unpaired) electrons. The van der Waals surface area contributed by atoms with E-state index in [-0.39, 0.29) is 0 Å². The van der Waals surface area contributed by atoms with Crippen molar-refractivity contribution in [1.82, 2.24) is 15.5 Å². The van der Waals surface area contributed by atoms with E-state index in [1.807, 2.05) is 0 Å². The van der Waals surface area contributed by atoms with Crippen LogP contribution in [-0.2, 0) is 0 Å². The fourth-order valence-electron chi connectivity index (χ4n) is 3.32. The van der Waals surface area contributed by atoms with E-state index in [4.69, 9.17) is 12.2 Å². The molecule has 0 atom stereocenters. The molecular formula is C14H27N3S. The summed E-state index contributed by atoms with van der Waals surface area (Å²) in [5, 5.41) is 7.83. The van der Waals surface area contributed by atoms with Crippen LogP contribution in [0.3, 0.4) is 0 Å². The van der Waals surface area contributed by atoms with E-state index in [1.54, 1.807) is 0 Å². The molecule has 1 saturated carbocycles. The van der Waals surface area contributed by atoms with Crippen molar-refractivity contribution in [2.45, 2.75) is 64.0 Å². The van der Waals surface area contributed by atoms with Gasteiger partial charge in [-0.05, 0) is 57.9 Å². The van der Waals surface area contributed by atoms with E-state index in [1.165, 1.54) is 44.9 Å². The average molecular weight is 269 g/mol. The van der Waals surface area contributed by atoms with Gasteiger partial charge in [-0.2, -0.15) is 0 Å². The standard InChI is InChI=1S/C14H27N3S/c1-2-16-14(18)17(12-6-4-3-5-7-12)13-8-10-15-11-9-13/h12-13,15H,2-11H2,1H3,(H,16,18). The molecule has 0 spiro atoms. The fourth-order valence-corrected chi connectivity index (χ4v) is 3.76. The maximum absolute atomic E-state index is 5.63. The van der Waals surface area contributed by atoms with Crippen LogP contribution >= 0.6 is 12.2 Å². The Morgan fingerprint density at radius 1 is 1.11 bits per heavy atom. The van der Waals surface area contributed by atoms with Crippen LogP contribution in [0.2, 0.25) is 0 Å². The number of rotatable bonds is 3. The van der Waals surface area contributed by atoms with Crippen molar-refractivity contribution in [2.75, 3.05) is 19.6 Å². The fraction of sp³-hybridized carbons (Fsp3) is 0.929. The Hall–Kier alpha value is -0.350. The van der Waals surface area contributed by atoms with E-state index in [2.05, 4.69) is 22.5 Å². The third-order valence-electron chi connectivity index (χ3n) is 4.23. The van der Waals surface area contributed by atoms with E-state index >= 15 is 0 Å². The van der Waals surface area contributed by atoms with Crippen LogP contribution in [0.4, 0.5) is 0 Å². The molecule has 1 saturated heterocycles. The summed E-state index contributed by atoms with van der Waals surface area (Å²) in [7, 11) is 0. The number of nitrogens with one attached hydrogen (secondary N) is 2. The molecule has 0 unspecified atom stereocenters. The Morgan fingerprint density at radius 2 is 1.72 bits per heavy atom. The van der Waals surface area contributed by atoms with Crippen LogP contribution in [0, 0.1) is 0 Å². The highest BCUT2D eigenvalue weighted by atomic mass is 32.1. The third kappa shape index (κ3) is 3.58. The van der Waals surface area contributed by atoms with Crippen LogP contribution in [0.25, 0.3) is 0 Å². The predicted octanol–water partition coefficient (Wildman–Crippen LogP) is 2.27. The molecule has 0 aromatic heterocycles. The van der Waals surface area contributed by atoms with Crippen molar-refractivity contribution in [3.8, 4) is 0 Å². The molecule has 1 aliphatic heterocycles. The van der Waals surface area contributed by atoms with Crippen molar-refractivity contribution >= 4 is 17.3 Å². The van der Waals surface area contributed by atoms with Gasteiger partial charge in [0.1, 0.15) is 0 Å². The monoisotopic (exact) mass is 269 g/mol. The van der Waals surface area contributed by atoms with Crippen LogP contribution in [0.15, 0.2) is 0 Å². The van der Waals surface area contributed by atoms with Gasteiger partial charge in [0.25, 0.3) is 0 Å². The van der Waals surface area contributed by atoms with Crippen molar-refractivity contribution in [2.24, 2.45) is 0 Å². The second-order valence-electron chi connectivity index (χ2n) is 5.52. The predicted molar refractivity (Wildman–Crippen MR) is 80.9 cm³/mol. The molecule has 0 bridgehead atoms. The van der Waals surface area contributed by atoms with Crippen molar-refractivity contribution < 1.29 is 0 Å². The third-order valence-corrected chi connectivity index (χ3v) is 4.59. The molecule has 2 N–H and O–H groups in total. The van der Waals surface area contributed by atoms with Crippen LogP contribution < -0.4 is 10.6 Å². The zero-order valence-electron chi connectivity index (χ0n) is 11.6. The minimum Gasteiger partial charge on any atom is -0.363 e. The van der Waals surface area contributed by atoms with E-state index < -0.39 is 0 Å². The Balaban J connectivity index is 2.02. The van der Waals surface area contributed by atoms with Crippen LogP contribution in [0.1, 0.15) is 51.9 Å². The second-order valence-corrected chi connectivity index (χ2v) is 5.90. The average Bonchev–Trinajstić information content (AvgIpc) is 2.42. The molecule has 1 aliphatic carbocycles. The zero-order chi connectivity index (χ0) is 12.8. The van der Waals surface area contributed by atoms with Gasteiger partial charge in [0.05, 0.1) is 0 Å². The molecular weight excluding hydrogens is 242 g/mol. The van der Waals surface area contributed by atoms with Crippen molar-refractivity contribution in [3.63, 3.8) is 0 Å². The highest BCUT2D eigenvalue weighted by Gasteiger charge is 2.30. The van der Waals surface area contributed by atoms with Crippen molar-refractivity contribution in [3.05, 3.63) is 0 Å². The van der Waals surface area contributed by atoms with Gasteiger partial charge in [-0.3, -0.25) is 0 Å². The lowest BCUT2D eigenvalue weighted by Gasteiger charge is -2.43. The number of hydrogen-bond donors (Lipinski definition) is 2. The lowest BCUT2D eigenvalue weighted by molar-refractivity contribution is 0.161. The largest absolute Gasteiger partial charge is 0.363 e. The lowest BCUT2D eigenvalue weighted by atomic mass is 9.92. The first-order valence-electron chi connectivity index (χ1n) is 7.59. The molecule has 2 fully saturated rings. The van der Waals surface area contributed by atoms with Gasteiger partial charge in [0.15, 0.2) is 5.11 Å². The van der Waals surface area contributed by atoms with Crippen LogP contribution in [0.5, 0.6) is 0 Å². The zero-order valence-corrected chi connectivity index (χ0v) is 12.4. The number of nitrogens with zero attached hydrogens (tertiary/aromatic N) is 1. The molecule has 2 aliphatic rings. The first kappa shape index (κ1) is 14.1. The Morgan fingerprint density at radius 3 is 2.33 bits per heavy atom. The maximum atomic E-state index is 5.63. The summed E-state index contributed by atoms with van der Waals surface area (Å²) in [6.07, 6.45) is 9.29. The summed E-state index contributed by atoms with van der Waals surface area (Å²) < 4.78 is 0. The van der Waals surface area contributed by atoms with E-state index in [0.29, 0.717) is 12.1 Å². The Labute approximate surface area is 117 Å². The number of thiocarbonyl (C=S) groups is 1. The highest BCUT2D eigenvalue weighted by Crippen LogP contribution is 2.26. The Bertz CT molecular complexity index is 240. The van der Waals surface area contributed by atoms with E-state index in [9.17, 15) is 0 Å². The normalized spacial score (nSPS) is 22.7. The van der Waals surface area contributed by atoms with Gasteiger partial charge in [-0.15, -0.1) is 0 Å². The first-order chi connectivity index (χ1) is 8.83. The molecule has 4 heteroatoms. The molecule has 1 heterocycles. The molecule has 104 valence electrons. The van der Waals surface area contributed by atoms with Gasteiger partial charge in [0.2, 0.25) is 0 Å². The molecule has 18 heavy (non-hydrogen) atoms. The summed E-state index contributed by atoms with van der Waals surface area (Å²) in [4.78, 5) is 2.55. The molecule has 0 aromatic rings.